The molecule has 2 aliphatic rings. The third-order valence-corrected chi connectivity index (χ3v) is 9.23. The molecule has 184 valence electrons. The Kier molecular flexibility index (Phi) is 8.53. The van der Waals surface area contributed by atoms with Gasteiger partial charge in [-0.2, -0.15) is 0 Å². The molecule has 2 aliphatic heterocycles. The van der Waals surface area contributed by atoms with E-state index in [-0.39, 0.29) is 17.6 Å². The van der Waals surface area contributed by atoms with E-state index in [1.807, 2.05) is 0 Å². The molecule has 0 radical (unpaired) electrons. The van der Waals surface area contributed by atoms with Gasteiger partial charge in [-0.15, -0.1) is 0 Å². The average molecular weight is 525 g/mol. The predicted octanol–water partition coefficient (Wildman–Crippen LogP) is 4.45. The molecule has 1 N–H and O–H groups in total. The van der Waals surface area contributed by atoms with Crippen LogP contribution in [0.4, 0.5) is 0 Å². The summed E-state index contributed by atoms with van der Waals surface area (Å²) in [6.07, 6.45) is 3.60. The van der Waals surface area contributed by atoms with Gasteiger partial charge in [-0.3, -0.25) is 9.69 Å². The Hall–Kier alpha value is -1.64. The number of benzene rings is 2. The van der Waals surface area contributed by atoms with Crippen LogP contribution < -0.4 is 5.32 Å². The highest BCUT2D eigenvalue weighted by atomic mass is 35.5. The van der Waals surface area contributed by atoms with E-state index >= 15 is 0 Å². The predicted molar refractivity (Wildman–Crippen MR) is 136 cm³/mol. The zero-order chi connectivity index (χ0) is 24.1. The molecule has 0 saturated carbocycles. The van der Waals surface area contributed by atoms with Crippen LogP contribution >= 0.6 is 23.2 Å². The van der Waals surface area contributed by atoms with Gasteiger partial charge in [0.1, 0.15) is 0 Å². The van der Waals surface area contributed by atoms with E-state index in [1.165, 1.54) is 35.8 Å². The lowest BCUT2D eigenvalue weighted by Crippen LogP contribution is -2.43. The number of halogens is 2. The second-order valence-corrected chi connectivity index (χ2v) is 12.0. The number of hydrogen-bond donors (Lipinski definition) is 1. The molecule has 6 nitrogen and oxygen atoms in total. The highest BCUT2D eigenvalue weighted by molar-refractivity contribution is 7.88. The fourth-order valence-corrected chi connectivity index (χ4v) is 6.49. The Labute approximate surface area is 212 Å². The van der Waals surface area contributed by atoms with Crippen molar-refractivity contribution in [2.24, 2.45) is 5.92 Å². The number of likely N-dealkylation sites (tertiary alicyclic amines) is 1. The monoisotopic (exact) mass is 523 g/mol. The number of nitrogens with zero attached hydrogens (tertiary/aromatic N) is 2. The van der Waals surface area contributed by atoms with Gasteiger partial charge < -0.3 is 5.32 Å². The molecule has 0 unspecified atom stereocenters. The molecule has 0 aromatic heterocycles. The van der Waals surface area contributed by atoms with E-state index in [2.05, 4.69) is 34.5 Å². The van der Waals surface area contributed by atoms with Gasteiger partial charge >= 0.3 is 0 Å². The Balaban J connectivity index is 1.22. The van der Waals surface area contributed by atoms with Crippen molar-refractivity contribution in [3.8, 4) is 0 Å². The third-order valence-electron chi connectivity index (χ3n) is 6.65. The maximum Gasteiger partial charge on any atom is 0.223 e. The molecule has 0 bridgehead atoms. The quantitative estimate of drug-likeness (QED) is 0.554. The summed E-state index contributed by atoms with van der Waals surface area (Å²) in [6, 6.07) is 13.3. The van der Waals surface area contributed by atoms with Crippen LogP contribution in [0.3, 0.4) is 0 Å². The molecule has 4 rings (SSSR count). The molecule has 34 heavy (non-hydrogen) atoms. The third kappa shape index (κ3) is 6.73. The maximum atomic E-state index is 12.8. The molecule has 9 heteroatoms. The van der Waals surface area contributed by atoms with Crippen molar-refractivity contribution in [1.29, 1.82) is 0 Å². The number of carbonyl (C=O) groups is 1. The highest BCUT2D eigenvalue weighted by Crippen LogP contribution is 2.26. The van der Waals surface area contributed by atoms with E-state index in [0.717, 1.165) is 12.1 Å². The summed E-state index contributed by atoms with van der Waals surface area (Å²) in [5, 5.41) is 3.76. The number of sulfonamides is 1. The van der Waals surface area contributed by atoms with Crippen LogP contribution in [-0.2, 0) is 33.7 Å². The first-order valence-electron chi connectivity index (χ1n) is 11.8. The van der Waals surface area contributed by atoms with Crippen molar-refractivity contribution in [1.82, 2.24) is 14.5 Å². The largest absolute Gasteiger partial charge is 0.352 e. The lowest BCUT2D eigenvalue weighted by atomic mass is 9.97. The first-order valence-corrected chi connectivity index (χ1v) is 14.2. The summed E-state index contributed by atoms with van der Waals surface area (Å²) >= 11 is 11.9. The lowest BCUT2D eigenvalue weighted by Gasteiger charge is -2.30. The van der Waals surface area contributed by atoms with E-state index < -0.39 is 10.0 Å². The normalized spacial score (nSPS) is 18.3. The molecule has 2 saturated heterocycles. The molecule has 0 aliphatic carbocycles. The molecular weight excluding hydrogens is 493 g/mol. The van der Waals surface area contributed by atoms with Crippen LogP contribution in [0.1, 0.15) is 42.4 Å². The van der Waals surface area contributed by atoms with E-state index in [0.29, 0.717) is 48.1 Å². The summed E-state index contributed by atoms with van der Waals surface area (Å²) < 4.78 is 27.1. The van der Waals surface area contributed by atoms with E-state index in [9.17, 15) is 13.2 Å². The van der Waals surface area contributed by atoms with Crippen molar-refractivity contribution in [2.75, 3.05) is 26.2 Å². The molecule has 1 amide bonds. The molecule has 2 heterocycles. The SMILES string of the molecule is O=C(NCc1ccc(CN2CCCC2)cc1)C1CCN(S(=O)(=O)Cc2ccc(Cl)c(Cl)c2)CC1. The second kappa shape index (κ2) is 11.4. The van der Waals surface area contributed by atoms with Crippen LogP contribution in [0.2, 0.25) is 10.0 Å². The van der Waals surface area contributed by atoms with Crippen molar-refractivity contribution < 1.29 is 13.2 Å². The Morgan fingerprint density at radius 2 is 1.50 bits per heavy atom. The van der Waals surface area contributed by atoms with Crippen LogP contribution in [0.5, 0.6) is 0 Å². The minimum Gasteiger partial charge on any atom is -0.352 e. The second-order valence-electron chi connectivity index (χ2n) is 9.20. The summed E-state index contributed by atoms with van der Waals surface area (Å²) in [5.74, 6) is -0.317. The van der Waals surface area contributed by atoms with Gasteiger partial charge in [0.2, 0.25) is 15.9 Å². The topological polar surface area (TPSA) is 69.7 Å². The van der Waals surface area contributed by atoms with Crippen LogP contribution in [0, 0.1) is 5.92 Å². The zero-order valence-corrected chi connectivity index (χ0v) is 21.5. The Morgan fingerprint density at radius 3 is 2.15 bits per heavy atom. The number of rotatable bonds is 8. The minimum atomic E-state index is -3.49. The standard InChI is InChI=1S/C25H31Cl2N3O3S/c26-23-8-7-21(15-24(23)27)18-34(32,33)30-13-9-22(10-14-30)25(31)28-16-19-3-5-20(6-4-19)17-29-11-1-2-12-29/h3-8,15,22H,1-2,9-14,16-18H2,(H,28,31). The van der Waals surface area contributed by atoms with Gasteiger partial charge in [0.05, 0.1) is 15.8 Å². The van der Waals surface area contributed by atoms with E-state index in [1.54, 1.807) is 18.2 Å². The van der Waals surface area contributed by atoms with Crippen LogP contribution in [0.25, 0.3) is 0 Å². The fraction of sp³-hybridized carbons (Fsp3) is 0.480. The summed E-state index contributed by atoms with van der Waals surface area (Å²) in [6.45, 7) is 4.50. The van der Waals surface area contributed by atoms with Crippen LogP contribution in [0.15, 0.2) is 42.5 Å². The van der Waals surface area contributed by atoms with Gasteiger partial charge in [0.15, 0.2) is 0 Å². The Morgan fingerprint density at radius 1 is 0.882 bits per heavy atom. The Bertz CT molecular complexity index is 1090. The summed E-state index contributed by atoms with van der Waals surface area (Å²) in [5.41, 5.74) is 2.97. The molecule has 0 atom stereocenters. The van der Waals surface area contributed by atoms with Gasteiger partial charge in [-0.05, 0) is 67.6 Å². The number of nitrogens with one attached hydrogen (secondary N) is 1. The number of carbonyl (C=O) groups excluding carboxylic acids is 1. The molecule has 2 aromatic rings. The molecule has 0 spiro atoms. The smallest absolute Gasteiger partial charge is 0.223 e. The highest BCUT2D eigenvalue weighted by Gasteiger charge is 2.31. The van der Waals surface area contributed by atoms with Crippen molar-refractivity contribution in [2.45, 2.75) is 44.5 Å². The van der Waals surface area contributed by atoms with Gasteiger partial charge in [-0.25, -0.2) is 12.7 Å². The van der Waals surface area contributed by atoms with Gasteiger partial charge in [0, 0.05) is 32.1 Å². The van der Waals surface area contributed by atoms with Gasteiger partial charge in [-0.1, -0.05) is 53.5 Å². The lowest BCUT2D eigenvalue weighted by molar-refractivity contribution is -0.126. The minimum absolute atomic E-state index is 0.0114. The first-order chi connectivity index (χ1) is 16.3. The average Bonchev–Trinajstić information content (AvgIpc) is 3.34. The van der Waals surface area contributed by atoms with Crippen LogP contribution in [-0.4, -0.2) is 49.7 Å². The van der Waals surface area contributed by atoms with E-state index in [4.69, 9.17) is 23.2 Å². The summed E-state index contributed by atoms with van der Waals surface area (Å²) in [4.78, 5) is 15.1. The number of amides is 1. The van der Waals surface area contributed by atoms with Gasteiger partial charge in [0.25, 0.3) is 0 Å². The van der Waals surface area contributed by atoms with Crippen molar-refractivity contribution in [3.63, 3.8) is 0 Å². The zero-order valence-electron chi connectivity index (χ0n) is 19.2. The number of piperidine rings is 1. The molecule has 2 fully saturated rings. The number of hydrogen-bond acceptors (Lipinski definition) is 4. The first kappa shape index (κ1) is 25.5. The summed E-state index contributed by atoms with van der Waals surface area (Å²) in [7, 11) is -3.49. The van der Waals surface area contributed by atoms with Crippen molar-refractivity contribution in [3.05, 3.63) is 69.2 Å². The molecular formula is C25H31Cl2N3O3S. The molecule has 2 aromatic carbocycles. The maximum absolute atomic E-state index is 12.8. The fourth-order valence-electron chi connectivity index (χ4n) is 4.62. The van der Waals surface area contributed by atoms with Crippen molar-refractivity contribution >= 4 is 39.1 Å².